The van der Waals surface area contributed by atoms with Gasteiger partial charge in [0.2, 0.25) is 0 Å². The molecule has 0 radical (unpaired) electrons. The van der Waals surface area contributed by atoms with Crippen LogP contribution in [0.3, 0.4) is 0 Å². The van der Waals surface area contributed by atoms with Crippen LogP contribution in [-0.2, 0) is 3.07 Å². The lowest BCUT2D eigenvalue weighted by Gasteiger charge is -2.31. The van der Waals surface area contributed by atoms with E-state index in [1.54, 1.807) is 0 Å². The van der Waals surface area contributed by atoms with E-state index in [2.05, 4.69) is 32.6 Å². The fourth-order valence-electron chi connectivity index (χ4n) is 1.60. The smallest absolute Gasteiger partial charge is 0.110 e. The van der Waals surface area contributed by atoms with Crippen LogP contribution in [0.2, 0.25) is 0 Å². The summed E-state index contributed by atoms with van der Waals surface area (Å²) in [6.45, 7) is 11.3. The van der Waals surface area contributed by atoms with Crippen LogP contribution in [0.25, 0.3) is 0 Å². The Morgan fingerprint density at radius 3 is 2.17 bits per heavy atom. The largest absolute Gasteiger partial charge is 0.311 e. The number of likely N-dealkylation sites (tertiary alicyclic amines) is 1. The van der Waals surface area contributed by atoms with Crippen molar-refractivity contribution in [3.05, 3.63) is 0 Å². The van der Waals surface area contributed by atoms with Crippen molar-refractivity contribution in [3.8, 4) is 0 Å². The van der Waals surface area contributed by atoms with E-state index in [1.165, 1.54) is 0 Å². The molecule has 2 nitrogen and oxygen atoms in total. The summed E-state index contributed by atoms with van der Waals surface area (Å²) in [5.41, 5.74) is 0.290. The van der Waals surface area contributed by atoms with E-state index >= 15 is 0 Å². The Bertz CT molecular complexity index is 155. The Morgan fingerprint density at radius 2 is 1.92 bits per heavy atom. The van der Waals surface area contributed by atoms with Crippen molar-refractivity contribution in [2.75, 3.05) is 13.1 Å². The second-order valence-corrected chi connectivity index (χ2v) is 5.19. The molecule has 2 unspecified atom stereocenters. The molecular weight excluding hydrogens is 265 g/mol. The van der Waals surface area contributed by atoms with Crippen LogP contribution in [-0.4, -0.2) is 29.6 Å². The van der Waals surface area contributed by atoms with E-state index in [0.717, 1.165) is 13.1 Å². The van der Waals surface area contributed by atoms with Gasteiger partial charge < -0.3 is 3.07 Å². The zero-order valence-electron chi connectivity index (χ0n) is 8.30. The second kappa shape index (κ2) is 3.80. The first-order valence-electron chi connectivity index (χ1n) is 4.47. The van der Waals surface area contributed by atoms with E-state index in [0.29, 0.717) is 12.0 Å². The van der Waals surface area contributed by atoms with Gasteiger partial charge in [0.25, 0.3) is 0 Å². The summed E-state index contributed by atoms with van der Waals surface area (Å²) in [6, 6.07) is 0. The molecule has 0 amide bonds. The SMILES string of the molecule is CC1CN(C(C)(C)C)CC1OI. The summed E-state index contributed by atoms with van der Waals surface area (Å²) >= 11 is 2.02. The fraction of sp³-hybridized carbons (Fsp3) is 1.00. The van der Waals surface area contributed by atoms with Gasteiger partial charge in [0.15, 0.2) is 0 Å². The van der Waals surface area contributed by atoms with Gasteiger partial charge >= 0.3 is 0 Å². The van der Waals surface area contributed by atoms with Crippen molar-refractivity contribution in [1.82, 2.24) is 4.90 Å². The molecule has 1 fully saturated rings. The van der Waals surface area contributed by atoms with E-state index in [-0.39, 0.29) is 5.54 Å². The minimum atomic E-state index is 0.290. The lowest BCUT2D eigenvalue weighted by Crippen LogP contribution is -2.40. The third kappa shape index (κ3) is 2.33. The van der Waals surface area contributed by atoms with E-state index in [9.17, 15) is 0 Å². The first kappa shape index (κ1) is 10.7. The molecule has 1 aliphatic rings. The summed E-state index contributed by atoms with van der Waals surface area (Å²) < 4.78 is 5.38. The van der Waals surface area contributed by atoms with Crippen molar-refractivity contribution >= 4 is 23.0 Å². The number of rotatable bonds is 1. The Labute approximate surface area is 89.3 Å². The predicted molar refractivity (Wildman–Crippen MR) is 59.4 cm³/mol. The van der Waals surface area contributed by atoms with Gasteiger partial charge in [-0.3, -0.25) is 4.90 Å². The molecule has 0 bridgehead atoms. The van der Waals surface area contributed by atoms with Crippen molar-refractivity contribution in [1.29, 1.82) is 0 Å². The third-order valence-corrected chi connectivity index (χ3v) is 3.26. The molecule has 72 valence electrons. The van der Waals surface area contributed by atoms with Crippen molar-refractivity contribution in [2.24, 2.45) is 5.92 Å². The van der Waals surface area contributed by atoms with Crippen LogP contribution in [0.5, 0.6) is 0 Å². The van der Waals surface area contributed by atoms with Gasteiger partial charge in [-0.05, 0) is 26.7 Å². The molecular formula is C9H18INO. The van der Waals surface area contributed by atoms with Crippen molar-refractivity contribution in [3.63, 3.8) is 0 Å². The molecule has 0 aliphatic carbocycles. The molecule has 1 rings (SSSR count). The summed E-state index contributed by atoms with van der Waals surface area (Å²) in [5, 5.41) is 0. The molecule has 0 saturated carbocycles. The Kier molecular flexibility index (Phi) is 3.40. The summed E-state index contributed by atoms with van der Waals surface area (Å²) in [5.74, 6) is 0.668. The van der Waals surface area contributed by atoms with Crippen LogP contribution in [0.1, 0.15) is 27.7 Å². The first-order valence-corrected chi connectivity index (χ1v) is 5.35. The molecule has 0 N–H and O–H groups in total. The number of hydrogen-bond donors (Lipinski definition) is 0. The lowest BCUT2D eigenvalue weighted by atomic mass is 10.1. The van der Waals surface area contributed by atoms with Crippen LogP contribution in [0.4, 0.5) is 0 Å². The molecule has 12 heavy (non-hydrogen) atoms. The fourth-order valence-corrected chi connectivity index (χ4v) is 2.26. The van der Waals surface area contributed by atoms with Gasteiger partial charge in [-0.2, -0.15) is 0 Å². The average Bonchev–Trinajstić information content (AvgIpc) is 2.29. The van der Waals surface area contributed by atoms with Gasteiger partial charge in [0.1, 0.15) is 23.0 Å². The van der Waals surface area contributed by atoms with Gasteiger partial charge in [-0.25, -0.2) is 0 Å². The molecule has 0 aromatic rings. The molecule has 0 aromatic heterocycles. The molecule has 1 saturated heterocycles. The van der Waals surface area contributed by atoms with Crippen LogP contribution < -0.4 is 0 Å². The Morgan fingerprint density at radius 1 is 1.33 bits per heavy atom. The molecule has 2 atom stereocenters. The van der Waals surface area contributed by atoms with Crippen LogP contribution in [0.15, 0.2) is 0 Å². The van der Waals surface area contributed by atoms with E-state index < -0.39 is 0 Å². The van der Waals surface area contributed by atoms with Gasteiger partial charge in [-0.15, -0.1) is 0 Å². The Balaban J connectivity index is 2.54. The Hall–Kier alpha value is 0.650. The quantitative estimate of drug-likeness (QED) is 0.685. The van der Waals surface area contributed by atoms with Crippen molar-refractivity contribution < 1.29 is 3.07 Å². The third-order valence-electron chi connectivity index (χ3n) is 2.61. The molecule has 3 heteroatoms. The maximum atomic E-state index is 5.38. The second-order valence-electron chi connectivity index (χ2n) is 4.68. The van der Waals surface area contributed by atoms with Crippen LogP contribution >= 0.6 is 23.0 Å². The minimum Gasteiger partial charge on any atom is -0.311 e. The van der Waals surface area contributed by atoms with Crippen LogP contribution in [0, 0.1) is 5.92 Å². The van der Waals surface area contributed by atoms with E-state index in [1.807, 2.05) is 23.0 Å². The molecule has 1 heterocycles. The summed E-state index contributed by atoms with van der Waals surface area (Å²) in [4.78, 5) is 2.49. The van der Waals surface area contributed by atoms with Crippen molar-refractivity contribution in [2.45, 2.75) is 39.3 Å². The van der Waals surface area contributed by atoms with Gasteiger partial charge in [0, 0.05) is 18.6 Å². The molecule has 0 spiro atoms. The monoisotopic (exact) mass is 283 g/mol. The normalized spacial score (nSPS) is 32.8. The van der Waals surface area contributed by atoms with Gasteiger partial charge in [-0.1, -0.05) is 6.92 Å². The molecule has 0 aromatic carbocycles. The highest BCUT2D eigenvalue weighted by Gasteiger charge is 2.35. The highest BCUT2D eigenvalue weighted by Crippen LogP contribution is 2.27. The summed E-state index contributed by atoms with van der Waals surface area (Å²) in [6.07, 6.45) is 0.421. The predicted octanol–water partition coefficient (Wildman–Crippen LogP) is 2.47. The van der Waals surface area contributed by atoms with E-state index in [4.69, 9.17) is 3.07 Å². The number of hydrogen-bond acceptors (Lipinski definition) is 2. The molecule has 1 aliphatic heterocycles. The maximum absolute atomic E-state index is 5.38. The number of nitrogens with zero attached hydrogens (tertiary/aromatic N) is 1. The zero-order chi connectivity index (χ0) is 9.35. The zero-order valence-corrected chi connectivity index (χ0v) is 10.5. The standard InChI is InChI=1S/C9H18INO/c1-7-5-11(9(2,3)4)6-8(7)12-10/h7-8H,5-6H2,1-4H3. The summed E-state index contributed by atoms with van der Waals surface area (Å²) in [7, 11) is 0. The lowest BCUT2D eigenvalue weighted by molar-refractivity contribution is 0.156. The van der Waals surface area contributed by atoms with Gasteiger partial charge in [0.05, 0.1) is 6.10 Å². The highest BCUT2D eigenvalue weighted by molar-refractivity contribution is 14.1. The highest BCUT2D eigenvalue weighted by atomic mass is 127. The maximum Gasteiger partial charge on any atom is 0.110 e. The first-order chi connectivity index (χ1) is 5.45. The average molecular weight is 283 g/mol. The topological polar surface area (TPSA) is 12.5 Å². The number of halogens is 1. The minimum absolute atomic E-state index is 0.290.